The summed E-state index contributed by atoms with van der Waals surface area (Å²) in [5.74, 6) is 1.62. The molecule has 3 saturated heterocycles. The van der Waals surface area contributed by atoms with Crippen molar-refractivity contribution in [3.05, 3.63) is 35.9 Å². The van der Waals surface area contributed by atoms with Crippen LogP contribution < -0.4 is 0 Å². The van der Waals surface area contributed by atoms with Gasteiger partial charge in [0, 0.05) is 58.7 Å². The minimum absolute atomic E-state index is 0.195. The number of fused-ring (bicyclic) bond motifs is 1. The molecule has 0 aromatic heterocycles. The molecule has 0 aliphatic carbocycles. The van der Waals surface area contributed by atoms with Crippen molar-refractivity contribution in [2.45, 2.75) is 38.8 Å². The van der Waals surface area contributed by atoms with Crippen molar-refractivity contribution in [1.82, 2.24) is 14.7 Å². The molecule has 0 unspecified atom stereocenters. The van der Waals surface area contributed by atoms with E-state index in [0.29, 0.717) is 30.2 Å². The van der Waals surface area contributed by atoms with E-state index in [1.54, 1.807) is 6.92 Å². The molecule has 2 atom stereocenters. The molecule has 2 amide bonds. The number of benzene rings is 1. The summed E-state index contributed by atoms with van der Waals surface area (Å²) in [5, 5.41) is 0. The van der Waals surface area contributed by atoms with Crippen LogP contribution in [0.3, 0.4) is 0 Å². The molecule has 0 saturated carbocycles. The second kappa shape index (κ2) is 7.39. The monoisotopic (exact) mass is 355 g/mol. The Morgan fingerprint density at radius 1 is 1.04 bits per heavy atom. The molecule has 0 spiro atoms. The zero-order valence-electron chi connectivity index (χ0n) is 15.6. The first kappa shape index (κ1) is 17.5. The number of likely N-dealkylation sites (tertiary alicyclic amines) is 3. The molecule has 0 N–H and O–H groups in total. The van der Waals surface area contributed by atoms with E-state index in [9.17, 15) is 9.59 Å². The van der Waals surface area contributed by atoms with Crippen LogP contribution in [0.2, 0.25) is 0 Å². The maximum Gasteiger partial charge on any atom is 0.223 e. The lowest BCUT2D eigenvalue weighted by Gasteiger charge is -2.36. The van der Waals surface area contributed by atoms with E-state index in [0.717, 1.165) is 52.1 Å². The standard InChI is InChI=1S/C21H29N3O2/c1-16(25)22-9-7-20(8-10-22)23-13-18-11-21(26)24(15-19(18)14-23)12-17-5-3-2-4-6-17/h2-6,18-20H,7-15H2,1H3/t18-,19-/m0/s1. The lowest BCUT2D eigenvalue weighted by molar-refractivity contribution is -0.137. The zero-order chi connectivity index (χ0) is 18.1. The zero-order valence-corrected chi connectivity index (χ0v) is 15.6. The van der Waals surface area contributed by atoms with E-state index >= 15 is 0 Å². The molecule has 5 heteroatoms. The number of piperidine rings is 2. The fourth-order valence-electron chi connectivity index (χ4n) is 4.95. The second-order valence-corrected chi connectivity index (χ2v) is 8.18. The third-order valence-corrected chi connectivity index (χ3v) is 6.49. The summed E-state index contributed by atoms with van der Waals surface area (Å²) in [6, 6.07) is 10.9. The third-order valence-electron chi connectivity index (χ3n) is 6.49. The summed E-state index contributed by atoms with van der Waals surface area (Å²) >= 11 is 0. The molecule has 1 aromatic carbocycles. The van der Waals surface area contributed by atoms with Crippen LogP contribution in [0.5, 0.6) is 0 Å². The number of hydrogen-bond donors (Lipinski definition) is 0. The Balaban J connectivity index is 1.34. The molecule has 4 rings (SSSR count). The van der Waals surface area contributed by atoms with Gasteiger partial charge >= 0.3 is 0 Å². The molecular weight excluding hydrogens is 326 g/mol. The molecule has 5 nitrogen and oxygen atoms in total. The molecule has 0 radical (unpaired) electrons. The van der Waals surface area contributed by atoms with E-state index in [2.05, 4.69) is 21.9 Å². The molecule has 1 aromatic rings. The van der Waals surface area contributed by atoms with E-state index in [1.807, 2.05) is 23.1 Å². The normalized spacial score (nSPS) is 27.7. The summed E-state index contributed by atoms with van der Waals surface area (Å²) in [4.78, 5) is 30.7. The minimum Gasteiger partial charge on any atom is -0.343 e. The number of carbonyl (C=O) groups excluding carboxylic acids is 2. The maximum absolute atomic E-state index is 12.6. The van der Waals surface area contributed by atoms with Crippen molar-refractivity contribution in [3.63, 3.8) is 0 Å². The Bertz CT molecular complexity index is 654. The number of nitrogens with zero attached hydrogens (tertiary/aromatic N) is 3. The molecule has 140 valence electrons. The first-order valence-electron chi connectivity index (χ1n) is 9.91. The van der Waals surface area contributed by atoms with Crippen LogP contribution in [0.1, 0.15) is 31.7 Å². The van der Waals surface area contributed by atoms with Gasteiger partial charge in [-0.05, 0) is 30.2 Å². The van der Waals surface area contributed by atoms with Gasteiger partial charge in [-0.3, -0.25) is 14.5 Å². The lowest BCUT2D eigenvalue weighted by atomic mass is 9.88. The van der Waals surface area contributed by atoms with E-state index in [-0.39, 0.29) is 5.91 Å². The van der Waals surface area contributed by atoms with E-state index < -0.39 is 0 Å². The molecule has 3 heterocycles. The van der Waals surface area contributed by atoms with Crippen molar-refractivity contribution in [1.29, 1.82) is 0 Å². The SMILES string of the molecule is CC(=O)N1CCC(N2C[C@H]3CN(Cc4ccccc4)C(=O)C[C@H]3C2)CC1. The Labute approximate surface area is 155 Å². The van der Waals surface area contributed by atoms with Gasteiger partial charge in [-0.2, -0.15) is 0 Å². The van der Waals surface area contributed by atoms with Gasteiger partial charge in [0.25, 0.3) is 0 Å². The highest BCUT2D eigenvalue weighted by Gasteiger charge is 2.42. The summed E-state index contributed by atoms with van der Waals surface area (Å²) in [6.45, 7) is 7.21. The quantitative estimate of drug-likeness (QED) is 0.833. The largest absolute Gasteiger partial charge is 0.343 e. The van der Waals surface area contributed by atoms with Crippen LogP contribution in [-0.4, -0.2) is 65.3 Å². The highest BCUT2D eigenvalue weighted by molar-refractivity contribution is 5.77. The van der Waals surface area contributed by atoms with Gasteiger partial charge in [0.1, 0.15) is 0 Å². The van der Waals surface area contributed by atoms with Crippen LogP contribution in [0.4, 0.5) is 0 Å². The second-order valence-electron chi connectivity index (χ2n) is 8.18. The topological polar surface area (TPSA) is 43.9 Å². The Hall–Kier alpha value is -1.88. The summed E-state index contributed by atoms with van der Waals surface area (Å²) in [5.41, 5.74) is 1.21. The number of rotatable bonds is 3. The highest BCUT2D eigenvalue weighted by Crippen LogP contribution is 2.35. The first-order valence-corrected chi connectivity index (χ1v) is 9.91. The van der Waals surface area contributed by atoms with Crippen LogP contribution >= 0.6 is 0 Å². The molecule has 3 fully saturated rings. The predicted molar refractivity (Wildman–Crippen MR) is 100 cm³/mol. The number of amides is 2. The smallest absolute Gasteiger partial charge is 0.223 e. The first-order chi connectivity index (χ1) is 12.6. The lowest BCUT2D eigenvalue weighted by Crippen LogP contribution is -2.45. The number of carbonyl (C=O) groups is 2. The molecule has 0 bridgehead atoms. The van der Waals surface area contributed by atoms with Crippen LogP contribution in [-0.2, 0) is 16.1 Å². The van der Waals surface area contributed by atoms with Gasteiger partial charge in [-0.15, -0.1) is 0 Å². The molecule has 3 aliphatic rings. The van der Waals surface area contributed by atoms with Crippen LogP contribution in [0.25, 0.3) is 0 Å². The van der Waals surface area contributed by atoms with Gasteiger partial charge in [-0.25, -0.2) is 0 Å². The fraction of sp³-hybridized carbons (Fsp3) is 0.619. The van der Waals surface area contributed by atoms with Gasteiger partial charge in [0.05, 0.1) is 0 Å². The Morgan fingerprint density at radius 2 is 1.73 bits per heavy atom. The maximum atomic E-state index is 12.6. The molecule has 3 aliphatic heterocycles. The molecule has 26 heavy (non-hydrogen) atoms. The van der Waals surface area contributed by atoms with Gasteiger partial charge in [-0.1, -0.05) is 30.3 Å². The number of hydrogen-bond acceptors (Lipinski definition) is 3. The van der Waals surface area contributed by atoms with Crippen molar-refractivity contribution in [3.8, 4) is 0 Å². The van der Waals surface area contributed by atoms with Crippen molar-refractivity contribution >= 4 is 11.8 Å². The predicted octanol–water partition coefficient (Wildman–Crippen LogP) is 1.98. The van der Waals surface area contributed by atoms with Gasteiger partial charge < -0.3 is 9.80 Å². The van der Waals surface area contributed by atoms with E-state index in [1.165, 1.54) is 5.56 Å². The van der Waals surface area contributed by atoms with Crippen LogP contribution in [0.15, 0.2) is 30.3 Å². The average molecular weight is 355 g/mol. The van der Waals surface area contributed by atoms with Crippen molar-refractivity contribution in [2.24, 2.45) is 11.8 Å². The molecular formula is C21H29N3O2. The minimum atomic E-state index is 0.195. The van der Waals surface area contributed by atoms with Gasteiger partial charge in [0.15, 0.2) is 0 Å². The average Bonchev–Trinajstić information content (AvgIpc) is 3.05. The van der Waals surface area contributed by atoms with E-state index in [4.69, 9.17) is 0 Å². The van der Waals surface area contributed by atoms with Crippen molar-refractivity contribution in [2.75, 3.05) is 32.7 Å². The summed E-state index contributed by atoms with van der Waals surface area (Å²) < 4.78 is 0. The Morgan fingerprint density at radius 3 is 2.42 bits per heavy atom. The summed E-state index contributed by atoms with van der Waals surface area (Å²) in [7, 11) is 0. The fourth-order valence-corrected chi connectivity index (χ4v) is 4.95. The van der Waals surface area contributed by atoms with Crippen LogP contribution in [0, 0.1) is 11.8 Å². The third kappa shape index (κ3) is 3.63. The van der Waals surface area contributed by atoms with Gasteiger partial charge in [0.2, 0.25) is 11.8 Å². The van der Waals surface area contributed by atoms with Crippen molar-refractivity contribution < 1.29 is 9.59 Å². The Kier molecular flexibility index (Phi) is 4.98. The highest BCUT2D eigenvalue weighted by atomic mass is 16.2. The summed E-state index contributed by atoms with van der Waals surface area (Å²) in [6.07, 6.45) is 2.84.